The van der Waals surface area contributed by atoms with Crippen molar-refractivity contribution in [1.29, 1.82) is 0 Å². The van der Waals surface area contributed by atoms with Gasteiger partial charge in [-0.3, -0.25) is 9.59 Å². The molecule has 1 aromatic carbocycles. The van der Waals surface area contributed by atoms with Gasteiger partial charge in [0.1, 0.15) is 0 Å². The molecule has 2 aliphatic heterocycles. The number of nitrogens with zero attached hydrogens (tertiary/aromatic N) is 2. The van der Waals surface area contributed by atoms with Crippen molar-refractivity contribution >= 4 is 42.3 Å². The fourth-order valence-electron chi connectivity index (χ4n) is 3.15. The van der Waals surface area contributed by atoms with Crippen LogP contribution in [-0.4, -0.2) is 62.5 Å². The summed E-state index contributed by atoms with van der Waals surface area (Å²) >= 11 is 0. The molecule has 2 fully saturated rings. The predicted molar refractivity (Wildman–Crippen MR) is 104 cm³/mol. The number of hydrogen-bond acceptors (Lipinski definition) is 4. The number of carbonyl (C=O) groups is 2. The Balaban J connectivity index is 0.00000156. The van der Waals surface area contributed by atoms with Crippen molar-refractivity contribution in [2.24, 2.45) is 5.92 Å². The highest BCUT2D eigenvalue weighted by Gasteiger charge is 2.25. The van der Waals surface area contributed by atoms with E-state index in [-0.39, 0.29) is 49.1 Å². The van der Waals surface area contributed by atoms with Gasteiger partial charge in [-0.1, -0.05) is 18.2 Å². The molecule has 2 saturated heterocycles. The lowest BCUT2D eigenvalue weighted by atomic mass is 10.1. The SMILES string of the molecule is Cl.Cl.O=C(NCC(=O)N1CCN(c2ccccc2)CC1)C1CCNC1. The first-order chi connectivity index (χ1) is 11.2. The maximum atomic E-state index is 12.2. The van der Waals surface area contributed by atoms with Crippen LogP contribution in [0.15, 0.2) is 30.3 Å². The van der Waals surface area contributed by atoms with Gasteiger partial charge in [0.15, 0.2) is 0 Å². The standard InChI is InChI=1S/C17H24N4O2.2ClH/c22-16(13-19-17(23)14-6-7-18-12-14)21-10-8-20(9-11-21)15-4-2-1-3-5-15;;/h1-5,14,18H,6-13H2,(H,19,23);2*1H. The Labute approximate surface area is 161 Å². The fraction of sp³-hybridized carbons (Fsp3) is 0.529. The smallest absolute Gasteiger partial charge is 0.242 e. The summed E-state index contributed by atoms with van der Waals surface area (Å²) in [5.74, 6) is 0.0148. The number of carbonyl (C=O) groups excluding carboxylic acids is 2. The van der Waals surface area contributed by atoms with Gasteiger partial charge in [0.25, 0.3) is 0 Å². The second-order valence-corrected chi connectivity index (χ2v) is 6.11. The Kier molecular flexibility index (Phi) is 9.03. The van der Waals surface area contributed by atoms with Gasteiger partial charge in [0.2, 0.25) is 11.8 Å². The van der Waals surface area contributed by atoms with Crippen molar-refractivity contribution < 1.29 is 9.59 Å². The highest BCUT2D eigenvalue weighted by molar-refractivity contribution is 5.86. The van der Waals surface area contributed by atoms with E-state index in [9.17, 15) is 9.59 Å². The molecular formula is C17H26Cl2N4O2. The van der Waals surface area contributed by atoms with E-state index in [0.29, 0.717) is 13.1 Å². The molecule has 0 aliphatic carbocycles. The second kappa shape index (κ2) is 10.5. The van der Waals surface area contributed by atoms with Crippen LogP contribution in [0.1, 0.15) is 6.42 Å². The van der Waals surface area contributed by atoms with Crippen molar-refractivity contribution in [1.82, 2.24) is 15.5 Å². The van der Waals surface area contributed by atoms with E-state index in [1.165, 1.54) is 5.69 Å². The van der Waals surface area contributed by atoms with E-state index in [0.717, 1.165) is 32.6 Å². The zero-order valence-corrected chi connectivity index (χ0v) is 15.8. The molecule has 2 heterocycles. The summed E-state index contributed by atoms with van der Waals surface area (Å²) in [6.07, 6.45) is 0.857. The molecule has 2 amide bonds. The Hall–Kier alpha value is -1.50. The Bertz CT molecular complexity index is 545. The van der Waals surface area contributed by atoms with Crippen molar-refractivity contribution in [3.8, 4) is 0 Å². The molecular weight excluding hydrogens is 363 g/mol. The van der Waals surface area contributed by atoms with Gasteiger partial charge in [0, 0.05) is 38.4 Å². The quantitative estimate of drug-likeness (QED) is 0.804. The van der Waals surface area contributed by atoms with Crippen LogP contribution in [0.3, 0.4) is 0 Å². The molecule has 0 spiro atoms. The Morgan fingerprint density at radius 1 is 1.08 bits per heavy atom. The number of halogens is 2. The molecule has 2 aliphatic rings. The molecule has 25 heavy (non-hydrogen) atoms. The van der Waals surface area contributed by atoms with Crippen LogP contribution >= 0.6 is 24.8 Å². The molecule has 1 atom stereocenters. The largest absolute Gasteiger partial charge is 0.368 e. The minimum Gasteiger partial charge on any atom is -0.368 e. The average Bonchev–Trinajstić information content (AvgIpc) is 3.15. The number of para-hydroxylation sites is 1. The number of hydrogen-bond donors (Lipinski definition) is 2. The van der Waals surface area contributed by atoms with Crippen LogP contribution in [0.25, 0.3) is 0 Å². The molecule has 2 N–H and O–H groups in total. The molecule has 0 bridgehead atoms. The summed E-state index contributed by atoms with van der Waals surface area (Å²) in [6.45, 7) is 4.78. The third kappa shape index (κ3) is 5.76. The normalized spacial score (nSPS) is 19.6. The average molecular weight is 389 g/mol. The summed E-state index contributed by atoms with van der Waals surface area (Å²) in [4.78, 5) is 28.3. The van der Waals surface area contributed by atoms with E-state index < -0.39 is 0 Å². The lowest BCUT2D eigenvalue weighted by molar-refractivity contribution is -0.134. The molecule has 1 unspecified atom stereocenters. The molecule has 6 nitrogen and oxygen atoms in total. The maximum absolute atomic E-state index is 12.2. The third-order valence-electron chi connectivity index (χ3n) is 4.60. The van der Waals surface area contributed by atoms with Gasteiger partial charge < -0.3 is 20.4 Å². The summed E-state index contributed by atoms with van der Waals surface area (Å²) in [5.41, 5.74) is 1.20. The molecule has 0 radical (unpaired) electrons. The molecule has 140 valence electrons. The van der Waals surface area contributed by atoms with Gasteiger partial charge >= 0.3 is 0 Å². The van der Waals surface area contributed by atoms with E-state index in [4.69, 9.17) is 0 Å². The van der Waals surface area contributed by atoms with Crippen LogP contribution in [-0.2, 0) is 9.59 Å². The van der Waals surface area contributed by atoms with Crippen molar-refractivity contribution in [3.05, 3.63) is 30.3 Å². The second-order valence-electron chi connectivity index (χ2n) is 6.11. The van der Waals surface area contributed by atoms with E-state index in [1.54, 1.807) is 0 Å². The van der Waals surface area contributed by atoms with Gasteiger partial charge in [-0.15, -0.1) is 24.8 Å². The van der Waals surface area contributed by atoms with E-state index in [1.807, 2.05) is 23.1 Å². The van der Waals surface area contributed by atoms with Crippen LogP contribution in [0.2, 0.25) is 0 Å². The Morgan fingerprint density at radius 3 is 2.36 bits per heavy atom. The number of amides is 2. The molecule has 3 rings (SSSR count). The van der Waals surface area contributed by atoms with Crippen LogP contribution in [0, 0.1) is 5.92 Å². The minimum absolute atomic E-state index is 0. The van der Waals surface area contributed by atoms with Crippen molar-refractivity contribution in [2.45, 2.75) is 6.42 Å². The highest BCUT2D eigenvalue weighted by atomic mass is 35.5. The number of anilines is 1. The van der Waals surface area contributed by atoms with Gasteiger partial charge in [-0.25, -0.2) is 0 Å². The predicted octanol–water partition coefficient (Wildman–Crippen LogP) is 0.905. The van der Waals surface area contributed by atoms with Crippen LogP contribution in [0.4, 0.5) is 5.69 Å². The van der Waals surface area contributed by atoms with Gasteiger partial charge in [-0.05, 0) is 25.1 Å². The molecule has 1 aromatic rings. The fourth-order valence-corrected chi connectivity index (χ4v) is 3.15. The third-order valence-corrected chi connectivity index (χ3v) is 4.60. The first-order valence-electron chi connectivity index (χ1n) is 8.30. The van der Waals surface area contributed by atoms with Crippen LogP contribution < -0.4 is 15.5 Å². The lowest BCUT2D eigenvalue weighted by Crippen LogP contribution is -2.51. The minimum atomic E-state index is -0.00808. The topological polar surface area (TPSA) is 64.7 Å². The monoisotopic (exact) mass is 388 g/mol. The van der Waals surface area contributed by atoms with Gasteiger partial charge in [0.05, 0.1) is 12.5 Å². The zero-order chi connectivity index (χ0) is 16.1. The highest BCUT2D eigenvalue weighted by Crippen LogP contribution is 2.15. The lowest BCUT2D eigenvalue weighted by Gasteiger charge is -2.36. The number of piperazine rings is 1. The van der Waals surface area contributed by atoms with Crippen molar-refractivity contribution in [3.63, 3.8) is 0 Å². The van der Waals surface area contributed by atoms with E-state index >= 15 is 0 Å². The molecule has 0 aromatic heterocycles. The summed E-state index contributed by atoms with van der Waals surface area (Å²) in [6, 6.07) is 10.2. The number of rotatable bonds is 4. The molecule has 0 saturated carbocycles. The zero-order valence-electron chi connectivity index (χ0n) is 14.1. The van der Waals surface area contributed by atoms with Crippen LogP contribution in [0.5, 0.6) is 0 Å². The number of benzene rings is 1. The summed E-state index contributed by atoms with van der Waals surface area (Å²) < 4.78 is 0. The van der Waals surface area contributed by atoms with Gasteiger partial charge in [-0.2, -0.15) is 0 Å². The first-order valence-corrected chi connectivity index (χ1v) is 8.30. The van der Waals surface area contributed by atoms with E-state index in [2.05, 4.69) is 27.7 Å². The maximum Gasteiger partial charge on any atom is 0.242 e. The molecule has 8 heteroatoms. The summed E-state index contributed by atoms with van der Waals surface area (Å²) in [7, 11) is 0. The van der Waals surface area contributed by atoms with Crippen molar-refractivity contribution in [2.75, 3.05) is 50.7 Å². The summed E-state index contributed by atoms with van der Waals surface area (Å²) in [5, 5.41) is 5.94. The first kappa shape index (κ1) is 21.5. The Morgan fingerprint density at radius 2 is 1.76 bits per heavy atom. The number of nitrogens with one attached hydrogen (secondary N) is 2.